The second kappa shape index (κ2) is 7.27. The van der Waals surface area contributed by atoms with E-state index < -0.39 is 10.0 Å². The number of fused-ring (bicyclic) bond motifs is 1. The third-order valence-electron chi connectivity index (χ3n) is 4.90. The van der Waals surface area contributed by atoms with Gasteiger partial charge in [0.1, 0.15) is 0 Å². The smallest absolute Gasteiger partial charge is 0.262 e. The summed E-state index contributed by atoms with van der Waals surface area (Å²) >= 11 is 0. The Hall–Kier alpha value is -2.87. The molecule has 2 heterocycles. The van der Waals surface area contributed by atoms with Gasteiger partial charge < -0.3 is 18.8 Å². The predicted molar refractivity (Wildman–Crippen MR) is 108 cm³/mol. The van der Waals surface area contributed by atoms with Crippen LogP contribution in [0.5, 0.6) is 11.5 Å². The Bertz CT molecular complexity index is 1100. The molecule has 1 aliphatic rings. The number of hydrogen-bond acceptors (Lipinski definition) is 6. The van der Waals surface area contributed by atoms with Crippen LogP contribution in [0.25, 0.3) is 11.0 Å². The molecule has 1 saturated heterocycles. The summed E-state index contributed by atoms with van der Waals surface area (Å²) in [5, 5.41) is 0.856. The molecule has 8 heteroatoms. The summed E-state index contributed by atoms with van der Waals surface area (Å²) in [7, 11) is -0.824. The maximum atomic E-state index is 12.9. The molecule has 4 rings (SSSR count). The summed E-state index contributed by atoms with van der Waals surface area (Å²) in [6.07, 6.45) is 3.85. The van der Waals surface area contributed by atoms with Crippen LogP contribution in [-0.4, -0.2) is 35.7 Å². The van der Waals surface area contributed by atoms with E-state index in [4.69, 9.17) is 13.9 Å². The summed E-state index contributed by atoms with van der Waals surface area (Å²) in [4.78, 5) is 2.32. The van der Waals surface area contributed by atoms with Crippen LogP contribution in [0.15, 0.2) is 52.0 Å². The quantitative estimate of drug-likeness (QED) is 0.675. The van der Waals surface area contributed by atoms with E-state index in [1.54, 1.807) is 18.4 Å². The maximum Gasteiger partial charge on any atom is 0.262 e. The molecule has 148 valence electrons. The Kier molecular flexibility index (Phi) is 4.80. The lowest BCUT2D eigenvalue weighted by Crippen LogP contribution is -2.18. The van der Waals surface area contributed by atoms with Crippen molar-refractivity contribution in [2.24, 2.45) is 0 Å². The van der Waals surface area contributed by atoms with Gasteiger partial charge in [0.25, 0.3) is 10.0 Å². The molecular weight excluding hydrogens is 380 g/mol. The highest BCUT2D eigenvalue weighted by Gasteiger charge is 2.21. The molecule has 0 amide bonds. The highest BCUT2D eigenvalue weighted by atomic mass is 32.2. The fourth-order valence-electron chi connectivity index (χ4n) is 3.51. The van der Waals surface area contributed by atoms with E-state index in [1.165, 1.54) is 26.4 Å². The standard InChI is InChI=1S/C20H22N2O5S/c1-25-18-6-5-16(13-19(18)26-2)28(23,24)21-15-11-14-7-10-27-20(14)17(12-15)22-8-3-4-9-22/h5-7,10-13,21H,3-4,8-9H2,1-2H3. The van der Waals surface area contributed by atoms with Crippen molar-refractivity contribution in [1.82, 2.24) is 0 Å². The molecule has 0 atom stereocenters. The molecule has 28 heavy (non-hydrogen) atoms. The monoisotopic (exact) mass is 402 g/mol. The zero-order chi connectivity index (χ0) is 19.7. The molecule has 1 N–H and O–H groups in total. The van der Waals surface area contributed by atoms with Crippen molar-refractivity contribution < 1.29 is 22.3 Å². The number of methoxy groups -OCH3 is 2. The Morgan fingerprint density at radius 1 is 1.00 bits per heavy atom. The predicted octanol–water partition coefficient (Wildman–Crippen LogP) is 3.85. The van der Waals surface area contributed by atoms with Crippen molar-refractivity contribution in [3.8, 4) is 11.5 Å². The Labute approximate surface area is 163 Å². The van der Waals surface area contributed by atoms with Gasteiger partial charge in [0.15, 0.2) is 17.1 Å². The van der Waals surface area contributed by atoms with Crippen molar-refractivity contribution in [2.45, 2.75) is 17.7 Å². The molecule has 0 unspecified atom stereocenters. The van der Waals surface area contributed by atoms with Crippen molar-refractivity contribution in [1.29, 1.82) is 0 Å². The lowest BCUT2D eigenvalue weighted by Gasteiger charge is -2.19. The molecule has 2 aromatic carbocycles. The van der Waals surface area contributed by atoms with E-state index in [-0.39, 0.29) is 4.90 Å². The van der Waals surface area contributed by atoms with Crippen LogP contribution in [0.1, 0.15) is 12.8 Å². The zero-order valence-corrected chi connectivity index (χ0v) is 16.6. The molecule has 0 bridgehead atoms. The van der Waals surface area contributed by atoms with Crippen molar-refractivity contribution in [3.63, 3.8) is 0 Å². The highest BCUT2D eigenvalue weighted by molar-refractivity contribution is 7.92. The van der Waals surface area contributed by atoms with Gasteiger partial charge in [-0.2, -0.15) is 0 Å². The molecule has 1 aliphatic heterocycles. The van der Waals surface area contributed by atoms with Crippen LogP contribution >= 0.6 is 0 Å². The summed E-state index contributed by atoms with van der Waals surface area (Å²) in [6, 6.07) is 9.94. The molecule has 0 radical (unpaired) electrons. The molecule has 1 aromatic heterocycles. The Morgan fingerprint density at radius 3 is 2.46 bits per heavy atom. The van der Waals surface area contributed by atoms with E-state index in [9.17, 15) is 8.42 Å². The van der Waals surface area contributed by atoms with Crippen LogP contribution in [0.3, 0.4) is 0 Å². The van der Waals surface area contributed by atoms with E-state index in [0.717, 1.165) is 42.6 Å². The van der Waals surface area contributed by atoms with Crippen molar-refractivity contribution >= 4 is 32.4 Å². The first-order valence-corrected chi connectivity index (χ1v) is 10.5. The average Bonchev–Trinajstić information content (AvgIpc) is 3.38. The number of hydrogen-bond donors (Lipinski definition) is 1. The van der Waals surface area contributed by atoms with Gasteiger partial charge in [-0.25, -0.2) is 8.42 Å². The number of ether oxygens (including phenoxy) is 2. The minimum atomic E-state index is -3.80. The largest absolute Gasteiger partial charge is 0.493 e. The molecule has 0 aliphatic carbocycles. The second-order valence-electron chi connectivity index (χ2n) is 6.65. The summed E-state index contributed by atoms with van der Waals surface area (Å²) in [5.41, 5.74) is 2.17. The van der Waals surface area contributed by atoms with Crippen LogP contribution in [0.2, 0.25) is 0 Å². The molecule has 7 nitrogen and oxygen atoms in total. The van der Waals surface area contributed by atoms with Gasteiger partial charge in [0.2, 0.25) is 0 Å². The second-order valence-corrected chi connectivity index (χ2v) is 8.33. The highest BCUT2D eigenvalue weighted by Crippen LogP contribution is 2.35. The number of nitrogens with one attached hydrogen (secondary N) is 1. The summed E-state index contributed by atoms with van der Waals surface area (Å²) < 4.78 is 44.6. The van der Waals surface area contributed by atoms with Gasteiger partial charge in [-0.15, -0.1) is 0 Å². The molecule has 0 saturated carbocycles. The number of nitrogens with zero attached hydrogens (tertiary/aromatic N) is 1. The SMILES string of the molecule is COc1ccc(S(=O)(=O)Nc2cc(N3CCCC3)c3occc3c2)cc1OC. The van der Waals surface area contributed by atoms with Crippen LogP contribution in [0, 0.1) is 0 Å². The number of rotatable bonds is 6. The molecular formula is C20H22N2O5S. The molecule has 1 fully saturated rings. The minimum Gasteiger partial charge on any atom is -0.493 e. The maximum absolute atomic E-state index is 12.9. The van der Waals surface area contributed by atoms with Crippen LogP contribution in [0.4, 0.5) is 11.4 Å². The first-order chi connectivity index (χ1) is 13.5. The fourth-order valence-corrected chi connectivity index (χ4v) is 4.57. The number of sulfonamides is 1. The van der Waals surface area contributed by atoms with Gasteiger partial charge >= 0.3 is 0 Å². The van der Waals surface area contributed by atoms with Gasteiger partial charge in [-0.3, -0.25) is 4.72 Å². The zero-order valence-electron chi connectivity index (χ0n) is 15.8. The van der Waals surface area contributed by atoms with E-state index in [2.05, 4.69) is 9.62 Å². The summed E-state index contributed by atoms with van der Waals surface area (Å²) in [5.74, 6) is 0.825. The van der Waals surface area contributed by atoms with Crippen molar-refractivity contribution in [2.75, 3.05) is 36.9 Å². The average molecular weight is 402 g/mol. The molecule has 3 aromatic rings. The van der Waals surface area contributed by atoms with Crippen LogP contribution in [-0.2, 0) is 10.0 Å². The van der Waals surface area contributed by atoms with Gasteiger partial charge in [0.05, 0.1) is 36.8 Å². The lowest BCUT2D eigenvalue weighted by atomic mass is 10.2. The van der Waals surface area contributed by atoms with E-state index >= 15 is 0 Å². The first kappa shape index (κ1) is 18.5. The lowest BCUT2D eigenvalue weighted by molar-refractivity contribution is 0.354. The Balaban J connectivity index is 1.71. The summed E-state index contributed by atoms with van der Waals surface area (Å²) in [6.45, 7) is 1.86. The van der Waals surface area contributed by atoms with Crippen LogP contribution < -0.4 is 19.1 Å². The first-order valence-electron chi connectivity index (χ1n) is 9.03. The van der Waals surface area contributed by atoms with E-state index in [1.807, 2.05) is 12.1 Å². The third-order valence-corrected chi connectivity index (χ3v) is 6.27. The fraction of sp³-hybridized carbons (Fsp3) is 0.300. The van der Waals surface area contributed by atoms with E-state index in [0.29, 0.717) is 17.2 Å². The van der Waals surface area contributed by atoms with Gasteiger partial charge in [-0.05, 0) is 43.2 Å². The Morgan fingerprint density at radius 2 is 1.75 bits per heavy atom. The number of benzene rings is 2. The minimum absolute atomic E-state index is 0.0974. The van der Waals surface area contributed by atoms with Gasteiger partial charge in [-0.1, -0.05) is 0 Å². The topological polar surface area (TPSA) is 81.0 Å². The normalized spacial score (nSPS) is 14.4. The van der Waals surface area contributed by atoms with Gasteiger partial charge in [0, 0.05) is 24.5 Å². The number of anilines is 2. The number of furan rings is 1. The van der Waals surface area contributed by atoms with Crippen molar-refractivity contribution in [3.05, 3.63) is 42.7 Å². The third kappa shape index (κ3) is 3.35. The molecule has 0 spiro atoms.